The minimum atomic E-state index is -5.99. The van der Waals surface area contributed by atoms with Gasteiger partial charge in [0.15, 0.2) is 0 Å². The molecule has 0 aromatic rings. The topological polar surface area (TPSA) is 61.8 Å². The highest BCUT2D eigenvalue weighted by Crippen LogP contribution is 2.54. The van der Waals surface area contributed by atoms with Crippen LogP contribution in [0.5, 0.6) is 0 Å². The Bertz CT molecular complexity index is 628. The van der Waals surface area contributed by atoms with Crippen molar-refractivity contribution in [1.29, 1.82) is 0 Å². The van der Waals surface area contributed by atoms with Crippen LogP contribution in [0.4, 0.5) is 35.5 Å². The highest BCUT2D eigenvalue weighted by molar-refractivity contribution is 5.78. The molecule has 0 bridgehead atoms. The first-order chi connectivity index (χ1) is 13.8. The van der Waals surface area contributed by atoms with Gasteiger partial charge >= 0.3 is 30.1 Å². The van der Waals surface area contributed by atoms with E-state index in [1.165, 1.54) is 27.7 Å². The van der Waals surface area contributed by atoms with Crippen molar-refractivity contribution < 1.29 is 54.5 Å². The minimum Gasteiger partial charge on any atom is -0.460 e. The summed E-state index contributed by atoms with van der Waals surface area (Å²) in [6.45, 7) is 6.12. The van der Waals surface area contributed by atoms with Crippen LogP contribution in [0.2, 0.25) is 0 Å². The molecule has 0 heterocycles. The van der Waals surface area contributed by atoms with Gasteiger partial charge < -0.3 is 14.2 Å². The first-order valence-electron chi connectivity index (χ1n) is 9.72. The fraction of sp³-hybridized carbons (Fsp3) is 0.895. The second-order valence-corrected chi connectivity index (χ2v) is 8.73. The van der Waals surface area contributed by atoms with Crippen LogP contribution in [0.1, 0.15) is 66.7 Å². The summed E-state index contributed by atoms with van der Waals surface area (Å²) in [5, 5.41) is 0. The Hall–Kier alpha value is -1.75. The molecule has 1 unspecified atom stereocenters. The number of carbonyl (C=O) groups excluding carboxylic acids is 2. The molecule has 1 aliphatic rings. The monoisotopic (exact) mass is 468 g/mol. The molecule has 31 heavy (non-hydrogen) atoms. The summed E-state index contributed by atoms with van der Waals surface area (Å²) in [7, 11) is 0. The molecule has 0 aliphatic heterocycles. The molecule has 1 atom stereocenters. The number of esters is 1. The third-order valence-corrected chi connectivity index (χ3v) is 5.09. The molecular formula is C19H27F7O5. The van der Waals surface area contributed by atoms with Crippen LogP contribution in [-0.4, -0.2) is 47.5 Å². The number of alkyl halides is 7. The molecule has 1 saturated carbocycles. The maximum Gasteiger partial charge on any atom is 0.510 e. The first kappa shape index (κ1) is 27.3. The lowest BCUT2D eigenvalue weighted by Gasteiger charge is -2.44. The average molecular weight is 468 g/mol. The SMILES string of the molecule is CCC(C)(F)C(=O)OC1CCC(C(OC(=O)OC(C)(C)C)(C(F)(F)F)C(F)(F)F)CC1. The molecule has 1 rings (SSSR count). The fourth-order valence-electron chi connectivity index (χ4n) is 3.23. The van der Waals surface area contributed by atoms with Crippen LogP contribution in [-0.2, 0) is 19.0 Å². The van der Waals surface area contributed by atoms with Crippen molar-refractivity contribution in [3.05, 3.63) is 0 Å². The zero-order valence-corrected chi connectivity index (χ0v) is 17.9. The number of halogens is 7. The molecule has 1 fully saturated rings. The largest absolute Gasteiger partial charge is 0.510 e. The Balaban J connectivity index is 3.12. The number of rotatable bonds is 5. The fourth-order valence-corrected chi connectivity index (χ4v) is 3.23. The van der Waals surface area contributed by atoms with Crippen LogP contribution in [0.3, 0.4) is 0 Å². The van der Waals surface area contributed by atoms with Gasteiger partial charge in [-0.05, 0) is 59.8 Å². The lowest BCUT2D eigenvalue weighted by molar-refractivity contribution is -0.388. The summed E-state index contributed by atoms with van der Waals surface area (Å²) in [4.78, 5) is 23.6. The van der Waals surface area contributed by atoms with E-state index < -0.39 is 66.2 Å². The molecule has 1 aliphatic carbocycles. The van der Waals surface area contributed by atoms with Gasteiger partial charge in [0.05, 0.1) is 0 Å². The van der Waals surface area contributed by atoms with Gasteiger partial charge in [0.25, 0.3) is 0 Å². The van der Waals surface area contributed by atoms with Crippen molar-refractivity contribution in [3.63, 3.8) is 0 Å². The van der Waals surface area contributed by atoms with E-state index in [0.29, 0.717) is 0 Å². The summed E-state index contributed by atoms with van der Waals surface area (Å²) in [6.07, 6.45) is -17.6. The summed E-state index contributed by atoms with van der Waals surface area (Å²) < 4.78 is 110. The van der Waals surface area contributed by atoms with E-state index in [0.717, 1.165) is 6.92 Å². The van der Waals surface area contributed by atoms with Gasteiger partial charge in [-0.1, -0.05) is 6.92 Å². The van der Waals surface area contributed by atoms with Crippen molar-refractivity contribution in [2.75, 3.05) is 0 Å². The molecule has 0 aromatic carbocycles. The summed E-state index contributed by atoms with van der Waals surface area (Å²) in [6, 6.07) is 0. The second-order valence-electron chi connectivity index (χ2n) is 8.73. The molecule has 12 heteroatoms. The van der Waals surface area contributed by atoms with Crippen LogP contribution in [0.15, 0.2) is 0 Å². The minimum absolute atomic E-state index is 0.212. The van der Waals surface area contributed by atoms with Gasteiger partial charge in [-0.15, -0.1) is 0 Å². The van der Waals surface area contributed by atoms with Crippen LogP contribution >= 0.6 is 0 Å². The van der Waals surface area contributed by atoms with Gasteiger partial charge in [-0.25, -0.2) is 14.0 Å². The zero-order valence-electron chi connectivity index (χ0n) is 17.9. The predicted molar refractivity (Wildman–Crippen MR) is 93.8 cm³/mol. The Kier molecular flexibility index (Phi) is 7.93. The zero-order chi connectivity index (χ0) is 24.5. The maximum absolute atomic E-state index is 14.0. The van der Waals surface area contributed by atoms with E-state index in [-0.39, 0.29) is 19.3 Å². The Morgan fingerprint density at radius 2 is 1.26 bits per heavy atom. The third-order valence-electron chi connectivity index (χ3n) is 5.09. The van der Waals surface area contributed by atoms with E-state index in [4.69, 9.17) is 4.74 Å². The van der Waals surface area contributed by atoms with E-state index >= 15 is 0 Å². The molecule has 0 radical (unpaired) electrons. The number of carbonyl (C=O) groups is 2. The molecule has 0 saturated heterocycles. The van der Waals surface area contributed by atoms with E-state index in [2.05, 4.69) is 9.47 Å². The van der Waals surface area contributed by atoms with Crippen LogP contribution in [0.25, 0.3) is 0 Å². The first-order valence-corrected chi connectivity index (χ1v) is 9.72. The lowest BCUT2D eigenvalue weighted by atomic mass is 9.74. The molecule has 182 valence electrons. The number of hydrogen-bond donors (Lipinski definition) is 0. The van der Waals surface area contributed by atoms with Gasteiger partial charge in [-0.2, -0.15) is 26.3 Å². The highest BCUT2D eigenvalue weighted by atomic mass is 19.4. The molecule has 0 aromatic heterocycles. The van der Waals surface area contributed by atoms with Crippen molar-refractivity contribution in [1.82, 2.24) is 0 Å². The normalized spacial score (nSPS) is 23.0. The maximum atomic E-state index is 14.0. The second kappa shape index (κ2) is 9.01. The number of hydrogen-bond acceptors (Lipinski definition) is 5. The van der Waals surface area contributed by atoms with Crippen molar-refractivity contribution >= 4 is 12.1 Å². The summed E-state index contributed by atoms with van der Waals surface area (Å²) in [5.74, 6) is -3.43. The highest BCUT2D eigenvalue weighted by Gasteiger charge is 2.77. The molecule has 5 nitrogen and oxygen atoms in total. The lowest BCUT2D eigenvalue weighted by Crippen LogP contribution is -2.65. The van der Waals surface area contributed by atoms with Gasteiger partial charge in [0.1, 0.15) is 11.7 Å². The summed E-state index contributed by atoms with van der Waals surface area (Å²) >= 11 is 0. The molecule has 0 N–H and O–H groups in total. The van der Waals surface area contributed by atoms with Crippen molar-refractivity contribution in [3.8, 4) is 0 Å². The smallest absolute Gasteiger partial charge is 0.460 e. The van der Waals surface area contributed by atoms with E-state index in [9.17, 15) is 40.3 Å². The van der Waals surface area contributed by atoms with Crippen LogP contribution in [0, 0.1) is 5.92 Å². The van der Waals surface area contributed by atoms with E-state index in [1.54, 1.807) is 0 Å². The molecule has 0 spiro atoms. The number of ether oxygens (including phenoxy) is 3. The predicted octanol–water partition coefficient (Wildman–Crippen LogP) is 6.04. The van der Waals surface area contributed by atoms with Gasteiger partial charge in [0.2, 0.25) is 5.67 Å². The Morgan fingerprint density at radius 1 is 0.806 bits per heavy atom. The Labute approximate surface area is 175 Å². The van der Waals surface area contributed by atoms with Gasteiger partial charge in [-0.3, -0.25) is 0 Å². The summed E-state index contributed by atoms with van der Waals surface area (Å²) in [5.41, 5.74) is -8.50. The standard InChI is InChI=1S/C19H27F7O5/c1-6-16(5,20)13(27)29-12-9-7-11(8-10-12)17(18(21,22)23,19(24,25)26)31-14(28)30-15(2,3)4/h11-12H,6-10H2,1-5H3. The quantitative estimate of drug-likeness (QED) is 0.364. The average Bonchev–Trinajstić information content (AvgIpc) is 2.56. The van der Waals surface area contributed by atoms with Crippen molar-refractivity contribution in [2.45, 2.75) is 102 Å². The van der Waals surface area contributed by atoms with Gasteiger partial charge in [0, 0.05) is 5.92 Å². The molecular weight excluding hydrogens is 441 g/mol. The van der Waals surface area contributed by atoms with Crippen LogP contribution < -0.4 is 0 Å². The third kappa shape index (κ3) is 6.38. The Morgan fingerprint density at radius 3 is 1.61 bits per heavy atom. The van der Waals surface area contributed by atoms with E-state index in [1.807, 2.05) is 0 Å². The van der Waals surface area contributed by atoms with Crippen molar-refractivity contribution in [2.24, 2.45) is 5.92 Å². The molecule has 0 amide bonds.